The topological polar surface area (TPSA) is 69.0 Å². The molecule has 3 rings (SSSR count). The predicted molar refractivity (Wildman–Crippen MR) is 95.0 cm³/mol. The van der Waals surface area contributed by atoms with Gasteiger partial charge in [-0.1, -0.05) is 6.07 Å². The van der Waals surface area contributed by atoms with Gasteiger partial charge in [-0.05, 0) is 40.2 Å². The minimum Gasteiger partial charge on any atom is -0.481 e. The van der Waals surface area contributed by atoms with Crippen molar-refractivity contribution in [2.45, 2.75) is 0 Å². The molecule has 2 heterocycles. The van der Waals surface area contributed by atoms with E-state index in [1.54, 1.807) is 24.0 Å². The zero-order chi connectivity index (χ0) is 18.0. The molecular weight excluding hydrogens is 391 g/mol. The fourth-order valence-electron chi connectivity index (χ4n) is 2.40. The van der Waals surface area contributed by atoms with Crippen molar-refractivity contribution in [2.75, 3.05) is 12.4 Å². The summed E-state index contributed by atoms with van der Waals surface area (Å²) in [4.78, 5) is 16.5. The Bertz CT molecular complexity index is 923. The highest BCUT2D eigenvalue weighted by Gasteiger charge is 2.17. The van der Waals surface area contributed by atoms with Crippen LogP contribution in [0.25, 0.3) is 11.3 Å². The minimum atomic E-state index is -0.472. The highest BCUT2D eigenvalue weighted by atomic mass is 79.9. The molecule has 25 heavy (non-hydrogen) atoms. The molecule has 0 bridgehead atoms. The standard InChI is InChI=1S/C17H14BrFN4O2/c1-23-15(14(18)9-21-23)13-7-12(8-20-17(13)25-2)22-16(24)10-4-3-5-11(19)6-10/h3-9H,1-2H3,(H,22,24). The van der Waals surface area contributed by atoms with Gasteiger partial charge in [0.15, 0.2) is 0 Å². The molecule has 1 aromatic carbocycles. The second-order valence-corrected chi connectivity index (χ2v) is 6.06. The number of halogens is 2. The summed E-state index contributed by atoms with van der Waals surface area (Å²) in [6.45, 7) is 0. The van der Waals surface area contributed by atoms with E-state index in [4.69, 9.17) is 4.74 Å². The first kappa shape index (κ1) is 17.1. The van der Waals surface area contributed by atoms with Gasteiger partial charge in [-0.3, -0.25) is 9.48 Å². The van der Waals surface area contributed by atoms with E-state index in [1.165, 1.54) is 37.6 Å². The number of aryl methyl sites for hydroxylation is 1. The van der Waals surface area contributed by atoms with Gasteiger partial charge in [-0.2, -0.15) is 5.10 Å². The van der Waals surface area contributed by atoms with Crippen molar-refractivity contribution in [3.05, 3.63) is 58.6 Å². The largest absolute Gasteiger partial charge is 0.481 e. The number of carbonyl (C=O) groups is 1. The fourth-order valence-corrected chi connectivity index (χ4v) is 2.96. The number of hydrogen-bond acceptors (Lipinski definition) is 4. The van der Waals surface area contributed by atoms with E-state index in [2.05, 4.69) is 31.3 Å². The first-order valence-electron chi connectivity index (χ1n) is 7.28. The first-order valence-corrected chi connectivity index (χ1v) is 8.07. The number of benzene rings is 1. The van der Waals surface area contributed by atoms with E-state index >= 15 is 0 Å². The number of hydrogen-bond donors (Lipinski definition) is 1. The lowest BCUT2D eigenvalue weighted by Gasteiger charge is -2.11. The van der Waals surface area contributed by atoms with Crippen molar-refractivity contribution in [1.29, 1.82) is 0 Å². The van der Waals surface area contributed by atoms with Crippen molar-refractivity contribution in [2.24, 2.45) is 7.05 Å². The monoisotopic (exact) mass is 404 g/mol. The van der Waals surface area contributed by atoms with Crippen LogP contribution in [0.2, 0.25) is 0 Å². The van der Waals surface area contributed by atoms with Crippen molar-refractivity contribution in [3.8, 4) is 17.1 Å². The average Bonchev–Trinajstić information content (AvgIpc) is 2.93. The van der Waals surface area contributed by atoms with Crippen LogP contribution in [0, 0.1) is 5.82 Å². The Morgan fingerprint density at radius 2 is 2.12 bits per heavy atom. The van der Waals surface area contributed by atoms with Crippen LogP contribution in [0.5, 0.6) is 5.88 Å². The molecule has 1 N–H and O–H groups in total. The number of carbonyl (C=O) groups excluding carboxylic acids is 1. The number of nitrogens with zero attached hydrogens (tertiary/aromatic N) is 3. The summed E-state index contributed by atoms with van der Waals surface area (Å²) in [5, 5.41) is 6.88. The molecular formula is C17H14BrFN4O2. The molecule has 3 aromatic rings. The minimum absolute atomic E-state index is 0.221. The summed E-state index contributed by atoms with van der Waals surface area (Å²) in [7, 11) is 3.30. The summed E-state index contributed by atoms with van der Waals surface area (Å²) in [6, 6.07) is 7.20. The fraction of sp³-hybridized carbons (Fsp3) is 0.118. The molecule has 128 valence electrons. The molecule has 0 atom stereocenters. The molecule has 8 heteroatoms. The number of rotatable bonds is 4. The summed E-state index contributed by atoms with van der Waals surface area (Å²) in [5.74, 6) is -0.505. The zero-order valence-electron chi connectivity index (χ0n) is 13.5. The molecule has 0 radical (unpaired) electrons. The lowest BCUT2D eigenvalue weighted by atomic mass is 10.1. The molecule has 0 aliphatic heterocycles. The maximum absolute atomic E-state index is 13.3. The van der Waals surface area contributed by atoms with Crippen LogP contribution < -0.4 is 10.1 Å². The normalized spacial score (nSPS) is 10.6. The summed E-state index contributed by atoms with van der Waals surface area (Å²) >= 11 is 3.44. The maximum atomic E-state index is 13.3. The molecule has 0 unspecified atom stereocenters. The SMILES string of the molecule is COc1ncc(NC(=O)c2cccc(F)c2)cc1-c1c(Br)cnn1C. The van der Waals surface area contributed by atoms with E-state index in [-0.39, 0.29) is 5.56 Å². The van der Waals surface area contributed by atoms with Crippen molar-refractivity contribution in [1.82, 2.24) is 14.8 Å². The van der Waals surface area contributed by atoms with Crippen LogP contribution in [0.4, 0.5) is 10.1 Å². The Labute approximate surface area is 151 Å². The summed E-state index contributed by atoms with van der Waals surface area (Å²) in [6.07, 6.45) is 3.14. The van der Waals surface area contributed by atoms with Gasteiger partial charge in [0.05, 0.1) is 40.9 Å². The van der Waals surface area contributed by atoms with Crippen LogP contribution in [-0.2, 0) is 7.05 Å². The van der Waals surface area contributed by atoms with Gasteiger partial charge < -0.3 is 10.1 Å². The molecule has 0 spiro atoms. The number of methoxy groups -OCH3 is 1. The van der Waals surface area contributed by atoms with Crippen LogP contribution in [0.15, 0.2) is 47.2 Å². The third kappa shape index (κ3) is 3.53. The third-order valence-corrected chi connectivity index (χ3v) is 4.12. The lowest BCUT2D eigenvalue weighted by Crippen LogP contribution is -2.12. The predicted octanol–water partition coefficient (Wildman–Crippen LogP) is 3.64. The number of ether oxygens (including phenoxy) is 1. The smallest absolute Gasteiger partial charge is 0.255 e. The summed E-state index contributed by atoms with van der Waals surface area (Å²) < 4.78 is 21.0. The van der Waals surface area contributed by atoms with Crippen molar-refractivity contribution >= 4 is 27.5 Å². The average molecular weight is 405 g/mol. The number of pyridine rings is 1. The Kier molecular flexibility index (Phi) is 4.80. The molecule has 0 fully saturated rings. The number of amides is 1. The highest BCUT2D eigenvalue weighted by Crippen LogP contribution is 2.34. The van der Waals surface area contributed by atoms with Crippen LogP contribution >= 0.6 is 15.9 Å². The molecule has 0 saturated carbocycles. The second-order valence-electron chi connectivity index (χ2n) is 5.21. The van der Waals surface area contributed by atoms with E-state index in [1.807, 2.05) is 0 Å². The molecule has 1 amide bonds. The van der Waals surface area contributed by atoms with Crippen molar-refractivity contribution < 1.29 is 13.9 Å². The highest BCUT2D eigenvalue weighted by molar-refractivity contribution is 9.10. The van der Waals surface area contributed by atoms with Crippen LogP contribution in [-0.4, -0.2) is 27.8 Å². The number of nitrogens with one attached hydrogen (secondary N) is 1. The third-order valence-electron chi connectivity index (χ3n) is 3.54. The number of aromatic nitrogens is 3. The van der Waals surface area contributed by atoms with E-state index in [0.29, 0.717) is 17.1 Å². The Hall–Kier alpha value is -2.74. The maximum Gasteiger partial charge on any atom is 0.255 e. The van der Waals surface area contributed by atoms with Gasteiger partial charge in [0.25, 0.3) is 5.91 Å². The van der Waals surface area contributed by atoms with Crippen molar-refractivity contribution in [3.63, 3.8) is 0 Å². The van der Waals surface area contributed by atoms with Crippen LogP contribution in [0.3, 0.4) is 0 Å². The van der Waals surface area contributed by atoms with E-state index in [9.17, 15) is 9.18 Å². The Morgan fingerprint density at radius 1 is 1.32 bits per heavy atom. The van der Waals surface area contributed by atoms with Gasteiger partial charge in [0.2, 0.25) is 5.88 Å². The van der Waals surface area contributed by atoms with Crippen LogP contribution in [0.1, 0.15) is 10.4 Å². The van der Waals surface area contributed by atoms with Gasteiger partial charge in [0, 0.05) is 12.6 Å². The Morgan fingerprint density at radius 3 is 2.76 bits per heavy atom. The quantitative estimate of drug-likeness (QED) is 0.720. The number of anilines is 1. The van der Waals surface area contributed by atoms with Gasteiger partial charge in [-0.25, -0.2) is 9.37 Å². The molecule has 2 aromatic heterocycles. The van der Waals surface area contributed by atoms with Gasteiger partial charge in [-0.15, -0.1) is 0 Å². The lowest BCUT2D eigenvalue weighted by molar-refractivity contribution is 0.102. The second kappa shape index (κ2) is 7.02. The van der Waals surface area contributed by atoms with E-state index in [0.717, 1.165) is 10.2 Å². The molecule has 6 nitrogen and oxygen atoms in total. The van der Waals surface area contributed by atoms with Gasteiger partial charge >= 0.3 is 0 Å². The van der Waals surface area contributed by atoms with E-state index < -0.39 is 11.7 Å². The first-order chi connectivity index (χ1) is 12.0. The summed E-state index contributed by atoms with van der Waals surface area (Å²) in [5.41, 5.74) is 2.09. The zero-order valence-corrected chi connectivity index (χ0v) is 15.0. The molecule has 0 saturated heterocycles. The molecule has 0 aliphatic carbocycles. The molecule has 0 aliphatic rings. The van der Waals surface area contributed by atoms with Gasteiger partial charge in [0.1, 0.15) is 5.82 Å². The Balaban J connectivity index is 1.96.